The molecule has 0 spiro atoms. The second-order valence-corrected chi connectivity index (χ2v) is 5.67. The largest absolute Gasteiger partial charge is 0.337 e. The summed E-state index contributed by atoms with van der Waals surface area (Å²) in [6.45, 7) is 6.54. The molecule has 1 unspecified atom stereocenters. The summed E-state index contributed by atoms with van der Waals surface area (Å²) in [6, 6.07) is 0.526. The van der Waals surface area contributed by atoms with Gasteiger partial charge in [-0.1, -0.05) is 6.92 Å². The Morgan fingerprint density at radius 3 is 3.13 bits per heavy atom. The molecule has 86 valence electrons. The van der Waals surface area contributed by atoms with E-state index in [4.69, 9.17) is 0 Å². The Kier molecular flexibility index (Phi) is 3.92. The number of rotatable bonds is 4. The predicted octanol–water partition coefficient (Wildman–Crippen LogP) is 1.05. The number of amides is 1. The Morgan fingerprint density at radius 2 is 2.33 bits per heavy atom. The van der Waals surface area contributed by atoms with Crippen molar-refractivity contribution in [3.8, 4) is 0 Å². The second-order valence-electron chi connectivity index (χ2n) is 4.28. The molecule has 0 saturated carbocycles. The highest BCUT2D eigenvalue weighted by molar-refractivity contribution is 7.99. The van der Waals surface area contributed by atoms with Crippen LogP contribution in [-0.2, 0) is 4.79 Å². The molecule has 0 aromatic carbocycles. The first-order chi connectivity index (χ1) is 7.31. The molecular weight excluding hydrogens is 208 g/mol. The first-order valence-electron chi connectivity index (χ1n) is 5.91. The van der Waals surface area contributed by atoms with Crippen LogP contribution < -0.4 is 0 Å². The van der Waals surface area contributed by atoms with Crippen LogP contribution in [0, 0.1) is 0 Å². The first kappa shape index (κ1) is 11.3. The Labute approximate surface area is 96.2 Å². The number of nitrogens with zero attached hydrogens (tertiary/aromatic N) is 2. The zero-order valence-corrected chi connectivity index (χ0v) is 10.3. The summed E-state index contributed by atoms with van der Waals surface area (Å²) in [6.07, 6.45) is 1.86. The zero-order chi connectivity index (χ0) is 10.7. The van der Waals surface area contributed by atoms with E-state index in [1.165, 1.54) is 18.1 Å². The first-order valence-corrected chi connectivity index (χ1v) is 7.06. The molecule has 3 nitrogen and oxygen atoms in total. The predicted molar refractivity (Wildman–Crippen MR) is 64.2 cm³/mol. The quantitative estimate of drug-likeness (QED) is 0.672. The molecule has 1 amide bonds. The molecule has 2 rings (SSSR count). The fourth-order valence-electron chi connectivity index (χ4n) is 2.47. The summed E-state index contributed by atoms with van der Waals surface area (Å²) in [5.74, 6) is 2.82. The molecule has 0 bridgehead atoms. The van der Waals surface area contributed by atoms with Crippen LogP contribution in [0.1, 0.15) is 19.8 Å². The van der Waals surface area contributed by atoms with Gasteiger partial charge in [0.05, 0.1) is 0 Å². The standard InChI is InChI=1S/C11H20N2OS/c1-2-15-8-7-12-5-6-13-10(9-12)3-4-11(13)14/h10H,2-9H2,1H3. The van der Waals surface area contributed by atoms with Crippen LogP contribution in [0.15, 0.2) is 0 Å². The molecule has 15 heavy (non-hydrogen) atoms. The van der Waals surface area contributed by atoms with Gasteiger partial charge in [-0.15, -0.1) is 0 Å². The van der Waals surface area contributed by atoms with Crippen LogP contribution in [0.4, 0.5) is 0 Å². The van der Waals surface area contributed by atoms with Gasteiger partial charge < -0.3 is 4.90 Å². The van der Waals surface area contributed by atoms with E-state index in [1.807, 2.05) is 11.8 Å². The maximum absolute atomic E-state index is 11.5. The fourth-order valence-corrected chi connectivity index (χ4v) is 3.15. The van der Waals surface area contributed by atoms with Crippen molar-refractivity contribution < 1.29 is 4.79 Å². The lowest BCUT2D eigenvalue weighted by Gasteiger charge is -2.37. The molecule has 1 atom stereocenters. The number of thioether (sulfide) groups is 1. The SMILES string of the molecule is CCSCCN1CCN2C(=O)CCC2C1. The summed E-state index contributed by atoms with van der Waals surface area (Å²) < 4.78 is 0. The Bertz CT molecular complexity index is 235. The van der Waals surface area contributed by atoms with Gasteiger partial charge in [0.15, 0.2) is 0 Å². The number of hydrogen-bond acceptors (Lipinski definition) is 3. The maximum atomic E-state index is 11.5. The molecular formula is C11H20N2OS. The number of piperazine rings is 1. The molecule has 2 heterocycles. The van der Waals surface area contributed by atoms with Crippen molar-refractivity contribution in [3.05, 3.63) is 0 Å². The number of hydrogen-bond donors (Lipinski definition) is 0. The number of carbonyl (C=O) groups is 1. The van der Waals surface area contributed by atoms with E-state index in [0.717, 1.165) is 32.5 Å². The average molecular weight is 228 g/mol. The topological polar surface area (TPSA) is 23.6 Å². The Hall–Kier alpha value is -0.220. The molecule has 4 heteroatoms. The van der Waals surface area contributed by atoms with Crippen molar-refractivity contribution in [2.45, 2.75) is 25.8 Å². The van der Waals surface area contributed by atoms with Gasteiger partial charge in [0.2, 0.25) is 5.91 Å². The minimum absolute atomic E-state index is 0.377. The molecule has 0 aromatic rings. The summed E-state index contributed by atoms with van der Waals surface area (Å²) in [7, 11) is 0. The number of fused-ring (bicyclic) bond motifs is 1. The van der Waals surface area contributed by atoms with Crippen molar-refractivity contribution in [2.24, 2.45) is 0 Å². The van der Waals surface area contributed by atoms with Gasteiger partial charge in [-0.3, -0.25) is 9.69 Å². The van der Waals surface area contributed by atoms with Crippen LogP contribution in [0.5, 0.6) is 0 Å². The molecule has 2 saturated heterocycles. The van der Waals surface area contributed by atoms with Crippen molar-refractivity contribution in [3.63, 3.8) is 0 Å². The third-order valence-corrected chi connectivity index (χ3v) is 4.21. The average Bonchev–Trinajstić information content (AvgIpc) is 2.61. The fraction of sp³-hybridized carbons (Fsp3) is 0.909. The van der Waals surface area contributed by atoms with Gasteiger partial charge in [0.1, 0.15) is 0 Å². The lowest BCUT2D eigenvalue weighted by atomic mass is 10.1. The second kappa shape index (κ2) is 5.21. The highest BCUT2D eigenvalue weighted by atomic mass is 32.2. The highest BCUT2D eigenvalue weighted by Crippen LogP contribution is 2.22. The van der Waals surface area contributed by atoms with Gasteiger partial charge >= 0.3 is 0 Å². The van der Waals surface area contributed by atoms with E-state index >= 15 is 0 Å². The van der Waals surface area contributed by atoms with Gasteiger partial charge in [-0.05, 0) is 12.2 Å². The summed E-state index contributed by atoms with van der Waals surface area (Å²) in [5.41, 5.74) is 0. The lowest BCUT2D eigenvalue weighted by molar-refractivity contribution is -0.130. The van der Waals surface area contributed by atoms with Crippen LogP contribution in [0.3, 0.4) is 0 Å². The Morgan fingerprint density at radius 1 is 1.47 bits per heavy atom. The highest BCUT2D eigenvalue weighted by Gasteiger charge is 2.34. The Balaban J connectivity index is 1.75. The van der Waals surface area contributed by atoms with E-state index in [1.54, 1.807) is 0 Å². The monoisotopic (exact) mass is 228 g/mol. The molecule has 0 N–H and O–H groups in total. The van der Waals surface area contributed by atoms with E-state index in [2.05, 4.69) is 16.7 Å². The minimum Gasteiger partial charge on any atom is -0.337 e. The third-order valence-electron chi connectivity index (χ3n) is 3.33. The maximum Gasteiger partial charge on any atom is 0.222 e. The molecule has 0 aromatic heterocycles. The van der Waals surface area contributed by atoms with Crippen LogP contribution >= 0.6 is 11.8 Å². The van der Waals surface area contributed by atoms with Crippen LogP contribution in [0.25, 0.3) is 0 Å². The third kappa shape index (κ3) is 2.67. The smallest absolute Gasteiger partial charge is 0.222 e. The van der Waals surface area contributed by atoms with Crippen molar-refractivity contribution >= 4 is 17.7 Å². The van der Waals surface area contributed by atoms with Crippen molar-refractivity contribution in [1.29, 1.82) is 0 Å². The molecule has 0 radical (unpaired) electrons. The number of carbonyl (C=O) groups excluding carboxylic acids is 1. The van der Waals surface area contributed by atoms with E-state index in [0.29, 0.717) is 11.9 Å². The van der Waals surface area contributed by atoms with Crippen LogP contribution in [0.2, 0.25) is 0 Å². The molecule has 2 fully saturated rings. The minimum atomic E-state index is 0.377. The zero-order valence-electron chi connectivity index (χ0n) is 9.45. The van der Waals surface area contributed by atoms with Crippen molar-refractivity contribution in [1.82, 2.24) is 9.80 Å². The molecule has 0 aliphatic carbocycles. The molecule has 2 aliphatic rings. The van der Waals surface area contributed by atoms with E-state index in [9.17, 15) is 4.79 Å². The van der Waals surface area contributed by atoms with Gasteiger partial charge in [0.25, 0.3) is 0 Å². The van der Waals surface area contributed by atoms with E-state index < -0.39 is 0 Å². The van der Waals surface area contributed by atoms with Gasteiger partial charge in [-0.2, -0.15) is 11.8 Å². The summed E-state index contributed by atoms with van der Waals surface area (Å²) in [5, 5.41) is 0. The lowest BCUT2D eigenvalue weighted by Crippen LogP contribution is -2.51. The molecule has 2 aliphatic heterocycles. The summed E-state index contributed by atoms with van der Waals surface area (Å²) >= 11 is 2.01. The van der Waals surface area contributed by atoms with Gasteiger partial charge in [0, 0.05) is 44.4 Å². The normalized spacial score (nSPS) is 27.1. The van der Waals surface area contributed by atoms with Crippen molar-refractivity contribution in [2.75, 3.05) is 37.7 Å². The van der Waals surface area contributed by atoms with Crippen LogP contribution in [-0.4, -0.2) is 59.4 Å². The van der Waals surface area contributed by atoms with E-state index in [-0.39, 0.29) is 0 Å². The van der Waals surface area contributed by atoms with Gasteiger partial charge in [-0.25, -0.2) is 0 Å². The summed E-state index contributed by atoms with van der Waals surface area (Å²) in [4.78, 5) is 16.1.